The van der Waals surface area contributed by atoms with Crippen molar-refractivity contribution in [2.45, 2.75) is 25.8 Å². The molecule has 0 spiro atoms. The number of likely N-dealkylation sites (N-methyl/N-ethyl adjacent to an activating group) is 1. The molecule has 8 heteroatoms. The molecule has 0 atom stereocenters. The zero-order valence-electron chi connectivity index (χ0n) is 15.6. The fraction of sp³-hybridized carbons (Fsp3) is 0.556. The number of carbonyl (C=O) groups is 2. The summed E-state index contributed by atoms with van der Waals surface area (Å²) in [5.41, 5.74) is 2.29. The number of hydrogen-bond acceptors (Lipinski definition) is 5. The topological polar surface area (TPSA) is 79.9 Å². The largest absolute Gasteiger partial charge is 0.493 e. The lowest BCUT2D eigenvalue weighted by Gasteiger charge is -2.29. The Morgan fingerprint density at radius 3 is 2.42 bits per heavy atom. The van der Waals surface area contributed by atoms with Gasteiger partial charge in [-0.1, -0.05) is 0 Å². The van der Waals surface area contributed by atoms with Gasteiger partial charge in [-0.2, -0.15) is 0 Å². The number of hydrogen-bond donors (Lipinski definition) is 2. The highest BCUT2D eigenvalue weighted by Gasteiger charge is 2.22. The van der Waals surface area contributed by atoms with E-state index in [1.807, 2.05) is 17.0 Å². The number of benzene rings is 1. The molecule has 0 saturated carbocycles. The van der Waals surface area contributed by atoms with E-state index in [4.69, 9.17) is 9.47 Å². The van der Waals surface area contributed by atoms with Crippen molar-refractivity contribution >= 4 is 24.2 Å². The van der Waals surface area contributed by atoms with Crippen LogP contribution in [0.1, 0.15) is 24.0 Å². The van der Waals surface area contributed by atoms with Gasteiger partial charge in [0.2, 0.25) is 11.8 Å². The highest BCUT2D eigenvalue weighted by molar-refractivity contribution is 5.85. The minimum Gasteiger partial charge on any atom is -0.493 e. The fourth-order valence-corrected chi connectivity index (χ4v) is 2.94. The summed E-state index contributed by atoms with van der Waals surface area (Å²) in [7, 11) is 4.96. The van der Waals surface area contributed by atoms with E-state index in [2.05, 4.69) is 10.6 Å². The second-order valence-corrected chi connectivity index (χ2v) is 6.03. The van der Waals surface area contributed by atoms with Crippen LogP contribution in [0.5, 0.6) is 11.5 Å². The molecule has 0 aromatic heterocycles. The summed E-state index contributed by atoms with van der Waals surface area (Å²) in [4.78, 5) is 25.6. The third-order valence-corrected chi connectivity index (χ3v) is 4.30. The van der Waals surface area contributed by atoms with Gasteiger partial charge in [0.15, 0.2) is 11.5 Å². The SMILES string of the molecule is CNCC(=O)NCCCC(=O)N1CCc2cc(OC)c(OC)cc2C1.Cl. The Hall–Kier alpha value is -1.99. The molecule has 26 heavy (non-hydrogen) atoms. The van der Waals surface area contributed by atoms with Crippen molar-refractivity contribution in [3.05, 3.63) is 23.3 Å². The molecule has 0 radical (unpaired) electrons. The Labute approximate surface area is 160 Å². The first-order valence-electron chi connectivity index (χ1n) is 8.52. The Kier molecular flexibility index (Phi) is 9.23. The summed E-state index contributed by atoms with van der Waals surface area (Å²) in [6.07, 6.45) is 1.88. The van der Waals surface area contributed by atoms with E-state index in [1.165, 1.54) is 5.56 Å². The predicted molar refractivity (Wildman–Crippen MR) is 102 cm³/mol. The summed E-state index contributed by atoms with van der Waals surface area (Å²) < 4.78 is 10.7. The molecule has 0 fully saturated rings. The lowest BCUT2D eigenvalue weighted by atomic mass is 9.98. The van der Waals surface area contributed by atoms with E-state index in [0.717, 1.165) is 17.7 Å². The molecule has 2 amide bonds. The Morgan fingerprint density at radius 1 is 1.15 bits per heavy atom. The highest BCUT2D eigenvalue weighted by atomic mass is 35.5. The smallest absolute Gasteiger partial charge is 0.233 e. The van der Waals surface area contributed by atoms with Crippen molar-refractivity contribution in [3.8, 4) is 11.5 Å². The molecule has 0 aliphatic carbocycles. The Bertz CT molecular complexity index is 625. The van der Waals surface area contributed by atoms with Crippen LogP contribution < -0.4 is 20.1 Å². The normalized spacial score (nSPS) is 12.7. The van der Waals surface area contributed by atoms with Gasteiger partial charge in [0.05, 0.1) is 20.8 Å². The molecule has 2 rings (SSSR count). The number of nitrogens with zero attached hydrogens (tertiary/aromatic N) is 1. The fourth-order valence-electron chi connectivity index (χ4n) is 2.94. The number of carbonyl (C=O) groups excluding carboxylic acids is 2. The third kappa shape index (κ3) is 5.78. The quantitative estimate of drug-likeness (QED) is 0.656. The first-order valence-corrected chi connectivity index (χ1v) is 8.52. The molecule has 1 aromatic carbocycles. The number of ether oxygens (including phenoxy) is 2. The molecule has 0 saturated heterocycles. The van der Waals surface area contributed by atoms with Crippen molar-refractivity contribution < 1.29 is 19.1 Å². The molecular formula is C18H28ClN3O4. The van der Waals surface area contributed by atoms with Gasteiger partial charge < -0.3 is 25.0 Å². The molecular weight excluding hydrogens is 358 g/mol. The van der Waals surface area contributed by atoms with Crippen molar-refractivity contribution in [3.63, 3.8) is 0 Å². The average molecular weight is 386 g/mol. The van der Waals surface area contributed by atoms with E-state index in [-0.39, 0.29) is 24.2 Å². The van der Waals surface area contributed by atoms with Crippen LogP contribution in [0.3, 0.4) is 0 Å². The molecule has 0 bridgehead atoms. The first kappa shape index (κ1) is 22.1. The van der Waals surface area contributed by atoms with Crippen LogP contribution in [0.4, 0.5) is 0 Å². The van der Waals surface area contributed by atoms with Crippen molar-refractivity contribution in [2.24, 2.45) is 0 Å². The van der Waals surface area contributed by atoms with Gasteiger partial charge in [0.25, 0.3) is 0 Å². The van der Waals surface area contributed by atoms with Crippen molar-refractivity contribution in [1.82, 2.24) is 15.5 Å². The van der Waals surface area contributed by atoms with Gasteiger partial charge in [-0.05, 0) is 43.1 Å². The third-order valence-electron chi connectivity index (χ3n) is 4.30. The van der Waals surface area contributed by atoms with Crippen LogP contribution in [0.2, 0.25) is 0 Å². The summed E-state index contributed by atoms with van der Waals surface area (Å²) in [5.74, 6) is 1.47. The monoisotopic (exact) mass is 385 g/mol. The number of halogens is 1. The van der Waals surface area contributed by atoms with Gasteiger partial charge in [-0.15, -0.1) is 12.4 Å². The molecule has 0 unspecified atom stereocenters. The molecule has 1 aromatic rings. The number of rotatable bonds is 8. The van der Waals surface area contributed by atoms with E-state index >= 15 is 0 Å². The number of nitrogens with one attached hydrogen (secondary N) is 2. The van der Waals surface area contributed by atoms with Crippen LogP contribution in [0.25, 0.3) is 0 Å². The van der Waals surface area contributed by atoms with E-state index < -0.39 is 0 Å². The minimum absolute atomic E-state index is 0. The zero-order valence-corrected chi connectivity index (χ0v) is 16.4. The predicted octanol–water partition coefficient (Wildman–Crippen LogP) is 1.13. The summed E-state index contributed by atoms with van der Waals surface area (Å²) >= 11 is 0. The zero-order chi connectivity index (χ0) is 18.2. The van der Waals surface area contributed by atoms with E-state index in [0.29, 0.717) is 44.8 Å². The lowest BCUT2D eigenvalue weighted by Crippen LogP contribution is -2.37. The molecule has 146 valence electrons. The Balaban J connectivity index is 0.00000338. The maximum Gasteiger partial charge on any atom is 0.233 e. The summed E-state index contributed by atoms with van der Waals surface area (Å²) in [5, 5.41) is 5.57. The van der Waals surface area contributed by atoms with Gasteiger partial charge in [0, 0.05) is 26.1 Å². The summed E-state index contributed by atoms with van der Waals surface area (Å²) in [6.45, 7) is 2.10. The average Bonchev–Trinajstić information content (AvgIpc) is 2.63. The second-order valence-electron chi connectivity index (χ2n) is 6.03. The molecule has 2 N–H and O–H groups in total. The molecule has 7 nitrogen and oxygen atoms in total. The lowest BCUT2D eigenvalue weighted by molar-refractivity contribution is -0.132. The number of amides is 2. The van der Waals surface area contributed by atoms with Gasteiger partial charge in [-0.25, -0.2) is 0 Å². The van der Waals surface area contributed by atoms with Gasteiger partial charge >= 0.3 is 0 Å². The van der Waals surface area contributed by atoms with E-state index in [9.17, 15) is 9.59 Å². The van der Waals surface area contributed by atoms with Crippen LogP contribution >= 0.6 is 12.4 Å². The summed E-state index contributed by atoms with van der Waals surface area (Å²) in [6, 6.07) is 3.94. The van der Waals surface area contributed by atoms with Crippen LogP contribution in [-0.4, -0.2) is 57.6 Å². The van der Waals surface area contributed by atoms with Crippen molar-refractivity contribution in [2.75, 3.05) is 40.9 Å². The van der Waals surface area contributed by atoms with Crippen LogP contribution in [-0.2, 0) is 22.6 Å². The standard InChI is InChI=1S/C18H27N3O4.ClH/c1-19-11-17(22)20-7-4-5-18(23)21-8-6-13-9-15(24-2)16(25-3)10-14(13)12-21;/h9-10,19H,4-8,11-12H2,1-3H3,(H,20,22);1H. The Morgan fingerprint density at radius 2 is 1.81 bits per heavy atom. The molecule has 1 aliphatic rings. The van der Waals surface area contributed by atoms with Crippen molar-refractivity contribution in [1.29, 1.82) is 0 Å². The van der Waals surface area contributed by atoms with Gasteiger partial charge in [-0.3, -0.25) is 9.59 Å². The van der Waals surface area contributed by atoms with Gasteiger partial charge in [0.1, 0.15) is 0 Å². The maximum atomic E-state index is 12.4. The number of fused-ring (bicyclic) bond motifs is 1. The molecule has 1 aliphatic heterocycles. The van der Waals surface area contributed by atoms with Crippen LogP contribution in [0.15, 0.2) is 12.1 Å². The highest BCUT2D eigenvalue weighted by Crippen LogP contribution is 2.33. The maximum absolute atomic E-state index is 12.4. The molecule has 1 heterocycles. The van der Waals surface area contributed by atoms with E-state index in [1.54, 1.807) is 21.3 Å². The second kappa shape index (κ2) is 10.9. The number of methoxy groups -OCH3 is 2. The van der Waals surface area contributed by atoms with Crippen LogP contribution in [0, 0.1) is 0 Å². The first-order chi connectivity index (χ1) is 12.1. The minimum atomic E-state index is -0.0529.